The second-order valence-corrected chi connectivity index (χ2v) is 5.87. The highest BCUT2D eigenvalue weighted by Crippen LogP contribution is 2.18. The van der Waals surface area contributed by atoms with E-state index >= 15 is 0 Å². The van der Waals surface area contributed by atoms with Crippen LogP contribution in [0.15, 0.2) is 59.4 Å². The molecule has 118 valence electrons. The van der Waals surface area contributed by atoms with E-state index in [1.807, 2.05) is 49.4 Å². The van der Waals surface area contributed by atoms with E-state index in [1.165, 1.54) is 5.56 Å². The molecule has 2 atom stereocenters. The van der Waals surface area contributed by atoms with E-state index in [2.05, 4.69) is 29.4 Å². The molecule has 0 saturated carbocycles. The summed E-state index contributed by atoms with van der Waals surface area (Å²) < 4.78 is 1.67. The molecule has 0 aliphatic heterocycles. The van der Waals surface area contributed by atoms with Gasteiger partial charge in [0.2, 0.25) is 0 Å². The molecular weight excluding hydrogens is 286 g/mol. The van der Waals surface area contributed by atoms with Gasteiger partial charge in [0, 0.05) is 13.1 Å². The zero-order valence-corrected chi connectivity index (χ0v) is 13.7. The van der Waals surface area contributed by atoms with Crippen LogP contribution in [0, 0.1) is 0 Å². The fourth-order valence-electron chi connectivity index (χ4n) is 2.88. The summed E-state index contributed by atoms with van der Waals surface area (Å²) in [5.41, 5.74) is 3.38. The summed E-state index contributed by atoms with van der Waals surface area (Å²) in [6, 6.07) is 17.9. The van der Waals surface area contributed by atoms with Crippen molar-refractivity contribution in [3.63, 3.8) is 0 Å². The van der Waals surface area contributed by atoms with Crippen LogP contribution < -0.4 is 10.9 Å². The van der Waals surface area contributed by atoms with E-state index < -0.39 is 0 Å². The molecule has 0 saturated heterocycles. The Kier molecular flexibility index (Phi) is 4.26. The SMILES string of the molecule is C[C@H](N[C@H](C)c1ccccc1)c1nc2ccccc2n(C)c1=O. The number of hydrogen-bond acceptors (Lipinski definition) is 3. The molecule has 1 aromatic heterocycles. The third kappa shape index (κ3) is 3.03. The molecule has 4 heteroatoms. The minimum absolute atomic E-state index is 0.0519. The Balaban J connectivity index is 1.93. The first kappa shape index (κ1) is 15.4. The lowest BCUT2D eigenvalue weighted by atomic mass is 10.1. The van der Waals surface area contributed by atoms with Crippen LogP contribution in [0.1, 0.15) is 37.2 Å². The molecule has 3 rings (SSSR count). The Morgan fingerprint density at radius 3 is 2.35 bits per heavy atom. The minimum Gasteiger partial charge on any atom is -0.308 e. The van der Waals surface area contributed by atoms with E-state index in [1.54, 1.807) is 11.6 Å². The normalized spacial score (nSPS) is 13.9. The molecule has 1 heterocycles. The van der Waals surface area contributed by atoms with Gasteiger partial charge in [0.05, 0.1) is 17.1 Å². The lowest BCUT2D eigenvalue weighted by Crippen LogP contribution is -2.31. The van der Waals surface area contributed by atoms with Gasteiger partial charge in [-0.1, -0.05) is 42.5 Å². The van der Waals surface area contributed by atoms with Gasteiger partial charge in [-0.3, -0.25) is 4.79 Å². The van der Waals surface area contributed by atoms with Crippen LogP contribution in [0.5, 0.6) is 0 Å². The quantitative estimate of drug-likeness (QED) is 0.804. The van der Waals surface area contributed by atoms with Crippen LogP contribution in [0.25, 0.3) is 11.0 Å². The summed E-state index contributed by atoms with van der Waals surface area (Å²) in [5.74, 6) is 0. The van der Waals surface area contributed by atoms with Crippen molar-refractivity contribution in [3.8, 4) is 0 Å². The summed E-state index contributed by atoms with van der Waals surface area (Å²) in [6.45, 7) is 4.08. The summed E-state index contributed by atoms with van der Waals surface area (Å²) in [7, 11) is 1.79. The van der Waals surface area contributed by atoms with Crippen molar-refractivity contribution in [2.24, 2.45) is 7.05 Å². The molecule has 0 aliphatic rings. The first-order valence-corrected chi connectivity index (χ1v) is 7.84. The van der Waals surface area contributed by atoms with E-state index in [0.29, 0.717) is 5.69 Å². The third-order valence-corrected chi connectivity index (χ3v) is 4.22. The van der Waals surface area contributed by atoms with Crippen LogP contribution >= 0.6 is 0 Å². The molecule has 0 fully saturated rings. The molecule has 1 N–H and O–H groups in total. The molecule has 2 aromatic carbocycles. The summed E-state index contributed by atoms with van der Waals surface area (Å²) >= 11 is 0. The molecule has 3 aromatic rings. The number of benzene rings is 2. The lowest BCUT2D eigenvalue weighted by Gasteiger charge is -2.20. The number of nitrogens with zero attached hydrogens (tertiary/aromatic N) is 2. The van der Waals surface area contributed by atoms with Gasteiger partial charge in [0.25, 0.3) is 5.56 Å². The Morgan fingerprint density at radius 2 is 1.61 bits per heavy atom. The molecule has 0 bridgehead atoms. The average Bonchev–Trinajstić information content (AvgIpc) is 2.58. The fraction of sp³-hybridized carbons (Fsp3) is 0.263. The molecule has 0 radical (unpaired) electrons. The molecular formula is C19H21N3O. The highest BCUT2D eigenvalue weighted by Gasteiger charge is 2.17. The van der Waals surface area contributed by atoms with Gasteiger partial charge >= 0.3 is 0 Å². The number of para-hydroxylation sites is 2. The number of aromatic nitrogens is 2. The Labute approximate surface area is 135 Å². The van der Waals surface area contributed by atoms with E-state index in [9.17, 15) is 4.79 Å². The van der Waals surface area contributed by atoms with Crippen LogP contribution in [0.3, 0.4) is 0 Å². The van der Waals surface area contributed by atoms with Gasteiger partial charge in [0.15, 0.2) is 0 Å². The minimum atomic E-state index is -0.131. The summed E-state index contributed by atoms with van der Waals surface area (Å²) in [4.78, 5) is 17.2. The lowest BCUT2D eigenvalue weighted by molar-refractivity contribution is 0.481. The van der Waals surface area contributed by atoms with Crippen LogP contribution in [-0.2, 0) is 7.05 Å². The largest absolute Gasteiger partial charge is 0.308 e. The van der Waals surface area contributed by atoms with Crippen LogP contribution in [0.2, 0.25) is 0 Å². The van der Waals surface area contributed by atoms with Crippen molar-refractivity contribution in [3.05, 3.63) is 76.2 Å². The van der Waals surface area contributed by atoms with Crippen molar-refractivity contribution in [2.75, 3.05) is 0 Å². The van der Waals surface area contributed by atoms with Crippen molar-refractivity contribution in [1.29, 1.82) is 0 Å². The molecule has 0 spiro atoms. The molecule has 0 amide bonds. The fourth-order valence-corrected chi connectivity index (χ4v) is 2.88. The molecule has 0 unspecified atom stereocenters. The molecule has 0 aliphatic carbocycles. The summed E-state index contributed by atoms with van der Waals surface area (Å²) in [6.07, 6.45) is 0. The van der Waals surface area contributed by atoms with Gasteiger partial charge in [-0.2, -0.15) is 0 Å². The molecule has 4 nitrogen and oxygen atoms in total. The van der Waals surface area contributed by atoms with Crippen LogP contribution in [0.4, 0.5) is 0 Å². The van der Waals surface area contributed by atoms with Crippen molar-refractivity contribution < 1.29 is 0 Å². The topological polar surface area (TPSA) is 46.9 Å². The maximum Gasteiger partial charge on any atom is 0.274 e. The second kappa shape index (κ2) is 6.34. The number of aryl methyl sites for hydroxylation is 1. The van der Waals surface area contributed by atoms with E-state index in [-0.39, 0.29) is 17.6 Å². The zero-order chi connectivity index (χ0) is 16.4. The Morgan fingerprint density at radius 1 is 0.957 bits per heavy atom. The van der Waals surface area contributed by atoms with Gasteiger partial charge in [0.1, 0.15) is 5.69 Å². The maximum atomic E-state index is 12.6. The highest BCUT2D eigenvalue weighted by molar-refractivity contribution is 5.74. The second-order valence-electron chi connectivity index (χ2n) is 5.87. The van der Waals surface area contributed by atoms with Crippen molar-refractivity contribution in [1.82, 2.24) is 14.9 Å². The number of nitrogens with one attached hydrogen (secondary N) is 1. The van der Waals surface area contributed by atoms with Gasteiger partial charge in [-0.25, -0.2) is 4.98 Å². The van der Waals surface area contributed by atoms with Gasteiger partial charge < -0.3 is 9.88 Å². The first-order valence-electron chi connectivity index (χ1n) is 7.84. The van der Waals surface area contributed by atoms with E-state index in [4.69, 9.17) is 0 Å². The standard InChI is InChI=1S/C19H21N3O/c1-13(15-9-5-4-6-10-15)20-14(2)18-19(23)22(3)17-12-8-7-11-16(17)21-18/h4-14,20H,1-3H3/t13-,14+/m1/s1. The number of fused-ring (bicyclic) bond motifs is 1. The summed E-state index contributed by atoms with van der Waals surface area (Å²) in [5, 5.41) is 3.47. The van der Waals surface area contributed by atoms with Crippen LogP contribution in [-0.4, -0.2) is 9.55 Å². The zero-order valence-electron chi connectivity index (χ0n) is 13.7. The van der Waals surface area contributed by atoms with Gasteiger partial charge in [-0.15, -0.1) is 0 Å². The Bertz CT molecular complexity index is 871. The smallest absolute Gasteiger partial charge is 0.274 e. The predicted octanol–water partition coefficient (Wildman–Crippen LogP) is 3.35. The number of rotatable bonds is 4. The molecule has 23 heavy (non-hydrogen) atoms. The predicted molar refractivity (Wildman–Crippen MR) is 93.4 cm³/mol. The van der Waals surface area contributed by atoms with Crippen molar-refractivity contribution in [2.45, 2.75) is 25.9 Å². The third-order valence-electron chi connectivity index (χ3n) is 4.22. The van der Waals surface area contributed by atoms with E-state index in [0.717, 1.165) is 11.0 Å². The first-order chi connectivity index (χ1) is 11.1. The van der Waals surface area contributed by atoms with Crippen molar-refractivity contribution >= 4 is 11.0 Å². The highest BCUT2D eigenvalue weighted by atomic mass is 16.1. The Hall–Kier alpha value is -2.46. The maximum absolute atomic E-state index is 12.6. The monoisotopic (exact) mass is 307 g/mol. The average molecular weight is 307 g/mol. The number of hydrogen-bond donors (Lipinski definition) is 1. The van der Waals surface area contributed by atoms with Gasteiger partial charge in [-0.05, 0) is 31.5 Å².